The largest absolute Gasteiger partial charge is 0.380 e. The molecule has 0 aliphatic heterocycles. The maximum Gasteiger partial charge on any atom is 0.0591 e. The van der Waals surface area contributed by atoms with E-state index in [2.05, 4.69) is 45.0 Å². The minimum atomic E-state index is 0.556. The monoisotopic (exact) mass is 230 g/mol. The minimum absolute atomic E-state index is 0.556. The Kier molecular flexibility index (Phi) is 9.99. The fraction of sp³-hybridized carbons (Fsp3) is 1.00. The molecule has 0 atom stereocenters. The van der Waals surface area contributed by atoms with Crippen molar-refractivity contribution in [3.63, 3.8) is 0 Å². The number of ether oxygens (including phenoxy) is 1. The summed E-state index contributed by atoms with van der Waals surface area (Å²) in [5.74, 6) is 0.751. The van der Waals surface area contributed by atoms with Gasteiger partial charge in [0.25, 0.3) is 0 Å². The normalized spacial score (nSPS) is 12.0. The van der Waals surface area contributed by atoms with Crippen molar-refractivity contribution in [3.05, 3.63) is 0 Å². The van der Waals surface area contributed by atoms with Crippen molar-refractivity contribution in [2.24, 2.45) is 5.92 Å². The lowest BCUT2D eigenvalue weighted by molar-refractivity contribution is 0.123. The van der Waals surface area contributed by atoms with E-state index in [-0.39, 0.29) is 0 Å². The number of nitrogens with zero attached hydrogens (tertiary/aromatic N) is 1. The molecule has 1 N–H and O–H groups in total. The van der Waals surface area contributed by atoms with Gasteiger partial charge in [-0.1, -0.05) is 27.7 Å². The summed E-state index contributed by atoms with van der Waals surface area (Å²) in [5, 5.41) is 3.34. The van der Waals surface area contributed by atoms with Crippen molar-refractivity contribution in [1.82, 2.24) is 10.2 Å². The van der Waals surface area contributed by atoms with Crippen LogP contribution in [0, 0.1) is 5.92 Å². The first-order chi connectivity index (χ1) is 7.52. The van der Waals surface area contributed by atoms with Crippen LogP contribution in [0.25, 0.3) is 0 Å². The highest BCUT2D eigenvalue weighted by Crippen LogP contribution is 1.96. The standard InChI is InChI=1S/C13H30N2O/c1-12(2)11-15(5)8-6-9-16-10-7-14-13(3)4/h12-14H,6-11H2,1-5H3. The molecule has 0 aliphatic rings. The van der Waals surface area contributed by atoms with Crippen LogP contribution in [0.1, 0.15) is 34.1 Å². The predicted octanol–water partition coefficient (Wildman–Crippen LogP) is 1.98. The van der Waals surface area contributed by atoms with Gasteiger partial charge in [-0.05, 0) is 19.4 Å². The van der Waals surface area contributed by atoms with Crippen molar-refractivity contribution >= 4 is 0 Å². The lowest BCUT2D eigenvalue weighted by Crippen LogP contribution is -2.27. The molecule has 3 nitrogen and oxygen atoms in total. The average molecular weight is 230 g/mol. The number of hydrogen-bond donors (Lipinski definition) is 1. The third kappa shape index (κ3) is 12.0. The molecule has 0 aromatic heterocycles. The van der Waals surface area contributed by atoms with Crippen LogP contribution >= 0.6 is 0 Å². The predicted molar refractivity (Wildman–Crippen MR) is 70.9 cm³/mol. The van der Waals surface area contributed by atoms with Crippen LogP contribution in [0.5, 0.6) is 0 Å². The fourth-order valence-electron chi connectivity index (χ4n) is 1.67. The molecule has 0 saturated heterocycles. The Bertz CT molecular complexity index is 149. The third-order valence-electron chi connectivity index (χ3n) is 2.30. The van der Waals surface area contributed by atoms with E-state index in [0.717, 1.165) is 38.6 Å². The van der Waals surface area contributed by atoms with Gasteiger partial charge in [0.05, 0.1) is 6.61 Å². The van der Waals surface area contributed by atoms with Crippen molar-refractivity contribution in [1.29, 1.82) is 0 Å². The first-order valence-corrected chi connectivity index (χ1v) is 6.52. The first kappa shape index (κ1) is 15.9. The first-order valence-electron chi connectivity index (χ1n) is 6.52. The maximum absolute atomic E-state index is 5.55. The Labute approximate surface area is 102 Å². The van der Waals surface area contributed by atoms with Gasteiger partial charge < -0.3 is 15.0 Å². The molecule has 0 bridgehead atoms. The number of rotatable bonds is 10. The van der Waals surface area contributed by atoms with E-state index in [1.165, 1.54) is 6.54 Å². The second-order valence-electron chi connectivity index (χ2n) is 5.23. The third-order valence-corrected chi connectivity index (χ3v) is 2.30. The van der Waals surface area contributed by atoms with Gasteiger partial charge in [0, 0.05) is 32.3 Å². The van der Waals surface area contributed by atoms with E-state index in [9.17, 15) is 0 Å². The van der Waals surface area contributed by atoms with Gasteiger partial charge in [-0.15, -0.1) is 0 Å². The zero-order chi connectivity index (χ0) is 12.4. The molecule has 0 unspecified atom stereocenters. The van der Waals surface area contributed by atoms with E-state index in [1.54, 1.807) is 0 Å². The molecule has 0 radical (unpaired) electrons. The van der Waals surface area contributed by atoms with Gasteiger partial charge in [0.1, 0.15) is 0 Å². The molecule has 3 heteroatoms. The maximum atomic E-state index is 5.55. The number of nitrogens with one attached hydrogen (secondary N) is 1. The number of hydrogen-bond acceptors (Lipinski definition) is 3. The van der Waals surface area contributed by atoms with Crippen LogP contribution in [-0.2, 0) is 4.74 Å². The molecular formula is C13H30N2O. The highest BCUT2D eigenvalue weighted by Gasteiger charge is 2.00. The molecule has 0 fully saturated rings. The van der Waals surface area contributed by atoms with Crippen molar-refractivity contribution in [2.45, 2.75) is 40.2 Å². The van der Waals surface area contributed by atoms with Gasteiger partial charge in [-0.2, -0.15) is 0 Å². The molecular weight excluding hydrogens is 200 g/mol. The molecule has 0 rings (SSSR count). The van der Waals surface area contributed by atoms with Crippen LogP contribution in [0.2, 0.25) is 0 Å². The Morgan fingerprint density at radius 2 is 1.81 bits per heavy atom. The summed E-state index contributed by atoms with van der Waals surface area (Å²) < 4.78 is 5.55. The molecule has 98 valence electrons. The summed E-state index contributed by atoms with van der Waals surface area (Å²) in [6, 6.07) is 0.556. The van der Waals surface area contributed by atoms with E-state index < -0.39 is 0 Å². The fourth-order valence-corrected chi connectivity index (χ4v) is 1.67. The molecule has 0 saturated carbocycles. The molecule has 0 aliphatic carbocycles. The zero-order valence-electron chi connectivity index (χ0n) is 11.8. The average Bonchev–Trinajstić information content (AvgIpc) is 2.14. The van der Waals surface area contributed by atoms with Crippen molar-refractivity contribution in [2.75, 3.05) is 39.9 Å². The van der Waals surface area contributed by atoms with Gasteiger partial charge in [-0.25, -0.2) is 0 Å². The quantitative estimate of drug-likeness (QED) is 0.581. The SMILES string of the molecule is CC(C)CN(C)CCCOCCNC(C)C. The molecule has 0 spiro atoms. The van der Waals surface area contributed by atoms with Gasteiger partial charge in [0.2, 0.25) is 0 Å². The summed E-state index contributed by atoms with van der Waals surface area (Å²) in [6.45, 7) is 13.8. The van der Waals surface area contributed by atoms with E-state index in [4.69, 9.17) is 4.74 Å². The summed E-state index contributed by atoms with van der Waals surface area (Å²) in [5.41, 5.74) is 0. The molecule has 0 heterocycles. The highest BCUT2D eigenvalue weighted by molar-refractivity contribution is 4.55. The minimum Gasteiger partial charge on any atom is -0.380 e. The van der Waals surface area contributed by atoms with Crippen molar-refractivity contribution in [3.8, 4) is 0 Å². The molecule has 0 aromatic rings. The lowest BCUT2D eigenvalue weighted by atomic mass is 10.2. The Hall–Kier alpha value is -0.120. The van der Waals surface area contributed by atoms with Crippen LogP contribution in [0.15, 0.2) is 0 Å². The Morgan fingerprint density at radius 3 is 2.38 bits per heavy atom. The van der Waals surface area contributed by atoms with Crippen LogP contribution in [-0.4, -0.2) is 50.8 Å². The van der Waals surface area contributed by atoms with E-state index >= 15 is 0 Å². The van der Waals surface area contributed by atoms with Gasteiger partial charge in [0.15, 0.2) is 0 Å². The second-order valence-corrected chi connectivity index (χ2v) is 5.23. The van der Waals surface area contributed by atoms with Crippen LogP contribution in [0.3, 0.4) is 0 Å². The molecule has 0 amide bonds. The van der Waals surface area contributed by atoms with E-state index in [0.29, 0.717) is 6.04 Å². The Balaban J connectivity index is 3.14. The Morgan fingerprint density at radius 1 is 1.12 bits per heavy atom. The molecule has 16 heavy (non-hydrogen) atoms. The summed E-state index contributed by atoms with van der Waals surface area (Å²) in [6.07, 6.45) is 1.13. The topological polar surface area (TPSA) is 24.5 Å². The van der Waals surface area contributed by atoms with Crippen molar-refractivity contribution < 1.29 is 4.74 Å². The lowest BCUT2D eigenvalue weighted by Gasteiger charge is -2.18. The van der Waals surface area contributed by atoms with Crippen LogP contribution in [0.4, 0.5) is 0 Å². The smallest absolute Gasteiger partial charge is 0.0591 e. The second kappa shape index (κ2) is 10.1. The van der Waals surface area contributed by atoms with Gasteiger partial charge in [-0.3, -0.25) is 0 Å². The summed E-state index contributed by atoms with van der Waals surface area (Å²) in [4.78, 5) is 2.38. The van der Waals surface area contributed by atoms with Crippen LogP contribution < -0.4 is 5.32 Å². The van der Waals surface area contributed by atoms with Gasteiger partial charge >= 0.3 is 0 Å². The summed E-state index contributed by atoms with van der Waals surface area (Å²) in [7, 11) is 2.18. The van der Waals surface area contributed by atoms with E-state index in [1.807, 2.05) is 0 Å². The zero-order valence-corrected chi connectivity index (χ0v) is 11.8. The summed E-state index contributed by atoms with van der Waals surface area (Å²) >= 11 is 0. The molecule has 0 aromatic carbocycles. The highest BCUT2D eigenvalue weighted by atomic mass is 16.5.